The van der Waals surface area contributed by atoms with Gasteiger partial charge in [0.05, 0.1) is 17.7 Å². The molecule has 2 nitrogen and oxygen atoms in total. The second kappa shape index (κ2) is 6.04. The van der Waals surface area contributed by atoms with Gasteiger partial charge in [-0.25, -0.2) is 4.39 Å². The monoisotopic (exact) mass is 305 g/mol. The number of halogens is 2. The third-order valence-corrected chi connectivity index (χ3v) is 4.14. The topological polar surface area (TPSA) is 21.3 Å². The van der Waals surface area contributed by atoms with Gasteiger partial charge >= 0.3 is 0 Å². The summed E-state index contributed by atoms with van der Waals surface area (Å²) in [5.41, 5.74) is 2.76. The molecule has 21 heavy (non-hydrogen) atoms. The number of hydrogen-bond donors (Lipinski definition) is 1. The summed E-state index contributed by atoms with van der Waals surface area (Å²) in [7, 11) is 1.82. The average Bonchev–Trinajstić information content (AvgIpc) is 2.52. The number of aryl methyl sites for hydroxylation is 1. The van der Waals surface area contributed by atoms with Crippen LogP contribution in [0.15, 0.2) is 36.4 Å². The lowest BCUT2D eigenvalue weighted by molar-refractivity contribution is 0.288. The predicted octanol–water partition coefficient (Wildman–Crippen LogP) is 4.11. The first-order valence-electron chi connectivity index (χ1n) is 7.07. The highest BCUT2D eigenvalue weighted by Gasteiger charge is 2.20. The zero-order valence-corrected chi connectivity index (χ0v) is 12.6. The van der Waals surface area contributed by atoms with Gasteiger partial charge in [-0.15, -0.1) is 0 Å². The lowest BCUT2D eigenvalue weighted by atomic mass is 9.94. The Labute approximate surface area is 128 Å². The Balaban J connectivity index is 2.02. The number of fused-ring (bicyclic) bond motifs is 1. The first-order valence-corrected chi connectivity index (χ1v) is 7.45. The minimum Gasteiger partial charge on any atom is -0.493 e. The standard InChI is InChI=1S/C17H17ClFNO/c1-20-17(13-5-2-6-14(18)16(13)19)12-7-8-15-11(10-12)4-3-9-21-15/h2,5-8,10,17,20H,3-4,9H2,1H3. The van der Waals surface area contributed by atoms with Crippen LogP contribution in [0.25, 0.3) is 0 Å². The Morgan fingerprint density at radius 2 is 2.14 bits per heavy atom. The minimum absolute atomic E-state index is 0.147. The van der Waals surface area contributed by atoms with E-state index in [0.717, 1.165) is 30.8 Å². The maximum absolute atomic E-state index is 14.3. The maximum atomic E-state index is 14.3. The summed E-state index contributed by atoms with van der Waals surface area (Å²) in [5.74, 6) is 0.568. The molecule has 0 amide bonds. The normalized spacial score (nSPS) is 15.2. The van der Waals surface area contributed by atoms with E-state index in [4.69, 9.17) is 16.3 Å². The van der Waals surface area contributed by atoms with Gasteiger partial charge in [0, 0.05) is 5.56 Å². The lowest BCUT2D eigenvalue weighted by Gasteiger charge is -2.22. The molecule has 0 fully saturated rings. The quantitative estimate of drug-likeness (QED) is 0.921. The molecule has 1 aliphatic rings. The molecule has 1 unspecified atom stereocenters. The molecule has 2 aromatic carbocycles. The second-order valence-electron chi connectivity index (χ2n) is 5.18. The summed E-state index contributed by atoms with van der Waals surface area (Å²) in [6.45, 7) is 0.769. The van der Waals surface area contributed by atoms with Crippen LogP contribution in [0.3, 0.4) is 0 Å². The second-order valence-corrected chi connectivity index (χ2v) is 5.59. The van der Waals surface area contributed by atoms with Gasteiger partial charge in [-0.1, -0.05) is 35.9 Å². The fraction of sp³-hybridized carbons (Fsp3) is 0.294. The Kier molecular flexibility index (Phi) is 4.13. The lowest BCUT2D eigenvalue weighted by Crippen LogP contribution is -2.20. The van der Waals surface area contributed by atoms with E-state index in [0.29, 0.717) is 5.56 Å². The summed E-state index contributed by atoms with van der Waals surface area (Å²) in [4.78, 5) is 0. The van der Waals surface area contributed by atoms with Gasteiger partial charge in [-0.3, -0.25) is 0 Å². The fourth-order valence-electron chi connectivity index (χ4n) is 2.81. The third-order valence-electron chi connectivity index (χ3n) is 3.85. The minimum atomic E-state index is -0.368. The van der Waals surface area contributed by atoms with Gasteiger partial charge in [0.2, 0.25) is 0 Å². The first-order chi connectivity index (χ1) is 10.2. The van der Waals surface area contributed by atoms with Crippen LogP contribution >= 0.6 is 11.6 Å². The van der Waals surface area contributed by atoms with Crippen molar-refractivity contribution in [3.05, 3.63) is 63.9 Å². The predicted molar refractivity (Wildman–Crippen MR) is 82.6 cm³/mol. The smallest absolute Gasteiger partial charge is 0.146 e. The van der Waals surface area contributed by atoms with E-state index in [-0.39, 0.29) is 16.9 Å². The molecule has 0 aliphatic carbocycles. The summed E-state index contributed by atoms with van der Waals surface area (Å²) < 4.78 is 19.9. The van der Waals surface area contributed by atoms with Crippen LogP contribution in [0.4, 0.5) is 4.39 Å². The van der Waals surface area contributed by atoms with Crippen molar-refractivity contribution in [1.82, 2.24) is 5.32 Å². The molecule has 1 N–H and O–H groups in total. The van der Waals surface area contributed by atoms with Crippen LogP contribution in [0.5, 0.6) is 5.75 Å². The zero-order valence-electron chi connectivity index (χ0n) is 11.8. The molecule has 1 heterocycles. The van der Waals surface area contributed by atoms with Crippen LogP contribution in [0.2, 0.25) is 5.02 Å². The highest BCUT2D eigenvalue weighted by atomic mass is 35.5. The molecule has 0 saturated heterocycles. The molecule has 4 heteroatoms. The zero-order chi connectivity index (χ0) is 14.8. The summed E-state index contributed by atoms with van der Waals surface area (Å²) in [6.07, 6.45) is 2.02. The van der Waals surface area contributed by atoms with E-state index in [1.54, 1.807) is 18.2 Å². The van der Waals surface area contributed by atoms with Gasteiger partial charge in [0.1, 0.15) is 11.6 Å². The maximum Gasteiger partial charge on any atom is 0.146 e. The average molecular weight is 306 g/mol. The van der Waals surface area contributed by atoms with E-state index in [1.165, 1.54) is 5.56 Å². The largest absolute Gasteiger partial charge is 0.493 e. The first kappa shape index (κ1) is 14.4. The Morgan fingerprint density at radius 1 is 1.29 bits per heavy atom. The van der Waals surface area contributed by atoms with Crippen LogP contribution in [0, 0.1) is 5.82 Å². The van der Waals surface area contributed by atoms with Gasteiger partial charge in [-0.2, -0.15) is 0 Å². The van der Waals surface area contributed by atoms with E-state index in [2.05, 4.69) is 11.4 Å². The number of hydrogen-bond acceptors (Lipinski definition) is 2. The number of rotatable bonds is 3. The molecular formula is C17H17ClFNO. The fourth-order valence-corrected chi connectivity index (χ4v) is 2.99. The molecule has 1 aliphatic heterocycles. The SMILES string of the molecule is CNC(c1ccc2c(c1)CCCO2)c1cccc(Cl)c1F. The number of benzene rings is 2. The van der Waals surface area contributed by atoms with Crippen LogP contribution < -0.4 is 10.1 Å². The third kappa shape index (κ3) is 2.76. The molecule has 0 aromatic heterocycles. The molecule has 2 aromatic rings. The van der Waals surface area contributed by atoms with Gasteiger partial charge in [0.15, 0.2) is 0 Å². The van der Waals surface area contributed by atoms with Crippen LogP contribution in [0.1, 0.15) is 29.2 Å². The Morgan fingerprint density at radius 3 is 2.95 bits per heavy atom. The Bertz CT molecular complexity index is 659. The van der Waals surface area contributed by atoms with E-state index >= 15 is 0 Å². The van der Waals surface area contributed by atoms with Crippen molar-refractivity contribution in [3.63, 3.8) is 0 Å². The van der Waals surface area contributed by atoms with Crippen molar-refractivity contribution in [2.24, 2.45) is 0 Å². The molecular weight excluding hydrogens is 289 g/mol. The molecule has 110 valence electrons. The van der Waals surface area contributed by atoms with Crippen molar-refractivity contribution in [3.8, 4) is 5.75 Å². The summed E-state index contributed by atoms with van der Waals surface area (Å²) >= 11 is 5.89. The molecule has 0 spiro atoms. The molecule has 3 rings (SSSR count). The number of nitrogens with one attached hydrogen (secondary N) is 1. The van der Waals surface area contributed by atoms with Crippen LogP contribution in [-0.4, -0.2) is 13.7 Å². The van der Waals surface area contributed by atoms with Gasteiger partial charge in [-0.05, 0) is 43.1 Å². The van der Waals surface area contributed by atoms with Crippen molar-refractivity contribution in [1.29, 1.82) is 0 Å². The van der Waals surface area contributed by atoms with Gasteiger partial charge < -0.3 is 10.1 Å². The molecule has 0 saturated carbocycles. The number of ether oxygens (including phenoxy) is 1. The highest BCUT2D eigenvalue weighted by molar-refractivity contribution is 6.30. The summed E-state index contributed by atoms with van der Waals surface area (Å²) in [5, 5.41) is 3.32. The van der Waals surface area contributed by atoms with Crippen molar-refractivity contribution in [2.75, 3.05) is 13.7 Å². The molecule has 0 radical (unpaired) electrons. The van der Waals surface area contributed by atoms with E-state index in [1.807, 2.05) is 19.2 Å². The van der Waals surface area contributed by atoms with Crippen LogP contribution in [-0.2, 0) is 6.42 Å². The Hall–Kier alpha value is -1.58. The van der Waals surface area contributed by atoms with Crippen molar-refractivity contribution < 1.29 is 9.13 Å². The van der Waals surface area contributed by atoms with Gasteiger partial charge in [0.25, 0.3) is 0 Å². The van der Waals surface area contributed by atoms with Crippen molar-refractivity contribution in [2.45, 2.75) is 18.9 Å². The summed E-state index contributed by atoms with van der Waals surface area (Å²) in [6, 6.07) is 10.9. The van der Waals surface area contributed by atoms with Crippen molar-refractivity contribution >= 4 is 11.6 Å². The molecule has 1 atom stereocenters. The van der Waals surface area contributed by atoms with E-state index < -0.39 is 0 Å². The van der Waals surface area contributed by atoms with E-state index in [9.17, 15) is 4.39 Å². The molecule has 0 bridgehead atoms. The highest BCUT2D eigenvalue weighted by Crippen LogP contribution is 2.32.